The average molecular weight is 1720 g/mol. The predicted octanol–water partition coefficient (Wildman–Crippen LogP) is 9.41. The van der Waals surface area contributed by atoms with Crippen molar-refractivity contribution in [3.8, 4) is 35.6 Å². The molecule has 12 rings (SSSR count). The molecule has 12 heterocycles. The summed E-state index contributed by atoms with van der Waals surface area (Å²) >= 11 is 3.03. The van der Waals surface area contributed by atoms with E-state index in [1.54, 1.807) is 60.0 Å². The van der Waals surface area contributed by atoms with Gasteiger partial charge in [0.15, 0.2) is 0 Å². The second kappa shape index (κ2) is 43.7. The summed E-state index contributed by atoms with van der Waals surface area (Å²) in [5, 5.41) is 27.4. The SMILES string of the molecule is C#C[Si](C)(C)C.CC(C)(C)OC(=O)n1cc(CC#N)c2ncc(F)cc21.CC(C)(C)[O-].CN(C)Cc1c[nH]c2cc(F)cnc12.C[N+](C)(C)Cc1c[nH]c2cc(F)cnc12.C[Si](C)(C)C#Cc1ncc(F)cc1N.Fc1cnc2cc[nH]c2c1.N#CCc1c[nH]c2cc(F)cnc12.Nc1cc(F)cnc1Br.[I-].[K+]. The fourth-order valence-corrected chi connectivity index (χ4v) is 9.11. The van der Waals surface area contributed by atoms with E-state index in [2.05, 4.69) is 148 Å². The molecule has 12 aromatic rings. The Kier molecular flexibility index (Phi) is 38.7. The second-order valence-electron chi connectivity index (χ2n) is 28.7. The van der Waals surface area contributed by atoms with E-state index in [1.807, 2.05) is 43.5 Å². The molecule has 0 radical (unpaired) electrons. The van der Waals surface area contributed by atoms with Crippen LogP contribution in [0.2, 0.25) is 39.3 Å². The molecule has 0 aliphatic rings. The van der Waals surface area contributed by atoms with Crippen LogP contribution in [0.15, 0.2) is 127 Å². The summed E-state index contributed by atoms with van der Waals surface area (Å²) in [4.78, 5) is 53.2. The van der Waals surface area contributed by atoms with Crippen LogP contribution < -0.4 is 91.9 Å². The third-order valence-corrected chi connectivity index (χ3v) is 15.1. The second-order valence-corrected chi connectivity index (χ2v) is 39.0. The zero-order valence-electron chi connectivity index (χ0n) is 63.6. The summed E-state index contributed by atoms with van der Waals surface area (Å²) in [5.74, 6) is 0.186. The van der Waals surface area contributed by atoms with E-state index < -0.39 is 50.9 Å². The number of carbonyl (C=O) groups is 1. The van der Waals surface area contributed by atoms with E-state index >= 15 is 0 Å². The Balaban J connectivity index is 0.000000421. The van der Waals surface area contributed by atoms with Crippen LogP contribution in [-0.4, -0.2) is 137 Å². The van der Waals surface area contributed by atoms with Gasteiger partial charge in [0.1, 0.15) is 79.3 Å². The normalized spacial score (nSPS) is 10.8. The van der Waals surface area contributed by atoms with Gasteiger partial charge in [0.25, 0.3) is 0 Å². The van der Waals surface area contributed by atoms with Gasteiger partial charge in [-0.1, -0.05) is 66.0 Å². The first-order valence-electron chi connectivity index (χ1n) is 32.5. The molecule has 0 atom stereocenters. The number of terminal acetylenes is 1. The molecule has 8 N–H and O–H groups in total. The molecule has 0 aromatic carbocycles. The van der Waals surface area contributed by atoms with Gasteiger partial charge in [0.2, 0.25) is 0 Å². The van der Waals surface area contributed by atoms with E-state index in [9.17, 15) is 40.6 Å². The molecule has 0 spiro atoms. The van der Waals surface area contributed by atoms with Crippen molar-refractivity contribution in [1.82, 2.24) is 64.3 Å². The zero-order valence-corrected chi connectivity index (χ0v) is 72.5. The number of nitrogen functional groups attached to an aromatic ring is 2. The summed E-state index contributed by atoms with van der Waals surface area (Å²) < 4.78 is 96.7. The maximum Gasteiger partial charge on any atom is 1.00 e. The number of nitriles is 2. The minimum absolute atomic E-state index is 0. The van der Waals surface area contributed by atoms with E-state index in [0.29, 0.717) is 55.7 Å². The van der Waals surface area contributed by atoms with Gasteiger partial charge in [-0.2, -0.15) is 10.5 Å². The Hall–Kier alpha value is -8.41. The van der Waals surface area contributed by atoms with Crippen molar-refractivity contribution >= 4 is 105 Å². The summed E-state index contributed by atoms with van der Waals surface area (Å²) in [5.41, 5.74) is 26.7. The number of pyridine rings is 7. The number of nitrogens with one attached hydrogen (secondary N) is 4. The minimum Gasteiger partial charge on any atom is -1.00 e. The fraction of sp³-hybridized carbons (Fsp3) is 0.307. The number of aromatic nitrogens is 12. The van der Waals surface area contributed by atoms with Crippen molar-refractivity contribution in [3.63, 3.8) is 0 Å². The number of H-pyrrole nitrogens is 4. The van der Waals surface area contributed by atoms with Crippen molar-refractivity contribution < 1.29 is 125 Å². The average Bonchev–Trinajstić information content (AvgIpc) is 1.64. The molecular formula is C75H88BrF7IKN18O3Si2. The molecule has 0 fully saturated rings. The topological polar surface area (TPSA) is 311 Å². The first-order valence-corrected chi connectivity index (χ1v) is 40.2. The van der Waals surface area contributed by atoms with Crippen LogP contribution in [-0.2, 0) is 30.7 Å². The number of quaternary nitrogens is 1. The predicted molar refractivity (Wildman–Crippen MR) is 410 cm³/mol. The number of halogens is 9. The van der Waals surface area contributed by atoms with Crippen molar-refractivity contribution in [2.24, 2.45) is 0 Å². The van der Waals surface area contributed by atoms with E-state index in [1.165, 1.54) is 71.8 Å². The number of ether oxygens (including phenoxy) is 1. The summed E-state index contributed by atoms with van der Waals surface area (Å²) in [7, 11) is 7.79. The Morgan fingerprint density at radius 1 is 0.611 bits per heavy atom. The van der Waals surface area contributed by atoms with Crippen LogP contribution in [0.5, 0.6) is 0 Å². The van der Waals surface area contributed by atoms with Gasteiger partial charge in [-0.15, -0.1) is 23.1 Å². The Labute approximate surface area is 694 Å². The van der Waals surface area contributed by atoms with Gasteiger partial charge in [-0.3, -0.25) is 29.5 Å². The number of carbonyl (C=O) groups excluding carboxylic acids is 1. The molecule has 568 valence electrons. The minimum atomic E-state index is -1.43. The number of nitrogens with zero attached hydrogens (tertiary/aromatic N) is 12. The van der Waals surface area contributed by atoms with Gasteiger partial charge in [-0.25, -0.2) is 45.5 Å². The number of rotatable bonds is 6. The van der Waals surface area contributed by atoms with E-state index in [0.717, 1.165) is 92.2 Å². The van der Waals surface area contributed by atoms with Crippen LogP contribution in [0.1, 0.15) is 69.5 Å². The third kappa shape index (κ3) is 35.3. The molecule has 0 saturated heterocycles. The van der Waals surface area contributed by atoms with E-state index in [4.69, 9.17) is 33.2 Å². The third-order valence-electron chi connectivity index (χ3n) is 12.7. The number of fused-ring (bicyclic) bond motifs is 5. The van der Waals surface area contributed by atoms with Crippen molar-refractivity contribution in [1.29, 1.82) is 10.5 Å². The Morgan fingerprint density at radius 2 is 1.01 bits per heavy atom. The van der Waals surface area contributed by atoms with Gasteiger partial charge in [0, 0.05) is 96.7 Å². The standard InChI is InChI=1S/C14H14FN3O2.C11H15FN3.C10H12FN3.C10H13FN2Si.C9H6FN3.C7H5FN2.C5H4BrFN2.C5H10Si.C4H9O.HI.K/c1-14(2,3)20-13(19)18-8-9(4-5-16)12-11(18)6-10(15)7-17-12;1-15(2,3)7-8-5-13-10-4-9(12)6-14-11(8)10;1-14(2)6-7-4-12-9-3-8(11)5-13-10(7)9;1-14(2,3)5-4-10-9(12)6-8(11)7-13-10;10-7-3-8-9(13-5-7)6(1-2-11)4-12-8;8-5-3-7-6(10-4-5)1-2-9-7;6-5-4(8)1-3(7)2-9-5;1-5-6(2,3)4;1-4(2,3)5;;/h6-8H,4H2,1-3H3;4-6,13H,7H2,1-3H3;3-5,12H,6H2,1-2H3;6-7H,12H2,1-3H3;3-5,12H,1H2;1-4,9H;1-2H,8H2;1H,2-4H3;1-3H3;1H;/q;+1;;;;;;;-1;;+1/p-1. The molecule has 33 heteroatoms. The first-order chi connectivity index (χ1) is 49.2. The van der Waals surface area contributed by atoms with Crippen LogP contribution in [0.4, 0.5) is 46.9 Å². The van der Waals surface area contributed by atoms with Gasteiger partial charge >= 0.3 is 57.5 Å². The van der Waals surface area contributed by atoms with E-state index in [-0.39, 0.29) is 105 Å². The summed E-state index contributed by atoms with van der Waals surface area (Å²) in [6, 6.07) is 15.2. The van der Waals surface area contributed by atoms with Crippen molar-refractivity contribution in [2.75, 3.05) is 46.7 Å². The number of hydrogen-bond acceptors (Lipinski definition) is 15. The maximum absolute atomic E-state index is 13.3. The maximum atomic E-state index is 13.3. The van der Waals surface area contributed by atoms with Crippen LogP contribution >= 0.6 is 15.9 Å². The first kappa shape index (κ1) is 95.7. The molecule has 0 aliphatic carbocycles. The molecule has 21 nitrogen and oxygen atoms in total. The number of hydrogen-bond donors (Lipinski definition) is 6. The monoisotopic (exact) mass is 1720 g/mol. The summed E-state index contributed by atoms with van der Waals surface area (Å²) in [6.45, 7) is 24.6. The van der Waals surface area contributed by atoms with Crippen molar-refractivity contribution in [3.05, 3.63) is 196 Å². The van der Waals surface area contributed by atoms with Crippen molar-refractivity contribution in [2.45, 2.75) is 118 Å². The molecule has 12 aromatic heterocycles. The zero-order chi connectivity index (χ0) is 79.7. The number of aromatic amines is 4. The van der Waals surface area contributed by atoms with Crippen LogP contribution in [0, 0.1) is 86.8 Å². The molecular weight excluding hydrogens is 1640 g/mol. The smallest absolute Gasteiger partial charge is 1.00 e. The largest absolute Gasteiger partial charge is 1.00 e. The van der Waals surface area contributed by atoms with Gasteiger partial charge in [-0.05, 0) is 56.9 Å². The number of anilines is 2. The molecule has 0 amide bonds. The molecule has 0 saturated carbocycles. The molecule has 0 bridgehead atoms. The van der Waals surface area contributed by atoms with Crippen LogP contribution in [0.3, 0.4) is 0 Å². The number of nitrogens with two attached hydrogens (primary N) is 2. The fourth-order valence-electron chi connectivity index (χ4n) is 8.40. The molecule has 108 heavy (non-hydrogen) atoms. The summed E-state index contributed by atoms with van der Waals surface area (Å²) in [6.07, 6.45) is 21.7. The van der Waals surface area contributed by atoms with Crippen LogP contribution in [0.25, 0.3) is 55.2 Å². The molecule has 0 unspecified atom stereocenters. The quantitative estimate of drug-likeness (QED) is 0.0225. The Morgan fingerprint density at radius 3 is 1.44 bits per heavy atom. The Bertz CT molecular complexity index is 5100. The van der Waals surface area contributed by atoms with Gasteiger partial charge < -0.3 is 74.6 Å². The molecule has 0 aliphatic heterocycles. The van der Waals surface area contributed by atoms with Gasteiger partial charge in [0.05, 0.1) is 162 Å².